The van der Waals surface area contributed by atoms with Gasteiger partial charge in [-0.25, -0.2) is 9.37 Å². The molecule has 1 radical (unpaired) electrons. The van der Waals surface area contributed by atoms with E-state index in [4.69, 9.17) is 4.74 Å². The lowest BCUT2D eigenvalue weighted by Crippen LogP contribution is -2.38. The summed E-state index contributed by atoms with van der Waals surface area (Å²) in [6.07, 6.45) is 1.87. The number of aromatic nitrogens is 1. The minimum absolute atomic E-state index is 0.00274. The Morgan fingerprint density at radius 1 is 1.00 bits per heavy atom. The molecule has 3 aromatic rings. The first-order valence-corrected chi connectivity index (χ1v) is 8.43. The number of hydrogen-bond donors (Lipinski definition) is 0. The van der Waals surface area contributed by atoms with Gasteiger partial charge in [-0.15, -0.1) is 0 Å². The molecule has 0 atom stereocenters. The first kappa shape index (κ1) is 15.7. The third-order valence-electron chi connectivity index (χ3n) is 4.56. The minimum Gasteiger partial charge on any atom is -0.490 e. The van der Waals surface area contributed by atoms with E-state index < -0.39 is 0 Å². The van der Waals surface area contributed by atoms with Crippen LogP contribution in [-0.4, -0.2) is 24.2 Å². The molecule has 1 saturated heterocycles. The number of halogens is 1. The van der Waals surface area contributed by atoms with Crippen LogP contribution in [0.4, 0.5) is 10.2 Å². The molecule has 0 spiro atoms. The van der Waals surface area contributed by atoms with E-state index in [1.165, 1.54) is 12.1 Å². The standard InChI is InChI=1S/C20H18FN2O2/c21-14-4-6-15(7-5-14)25-16-10-12-23(13-11-16)20-9-8-17-18(22-20)2-1-3-19(17)24/h1-9,16H,10-13H2. The van der Waals surface area contributed by atoms with Crippen molar-refractivity contribution in [3.8, 4) is 11.5 Å². The predicted molar refractivity (Wildman–Crippen MR) is 94.1 cm³/mol. The molecule has 0 saturated carbocycles. The van der Waals surface area contributed by atoms with E-state index in [-0.39, 0.29) is 17.7 Å². The molecule has 0 bridgehead atoms. The van der Waals surface area contributed by atoms with Crippen molar-refractivity contribution in [2.24, 2.45) is 0 Å². The van der Waals surface area contributed by atoms with Crippen LogP contribution in [0.3, 0.4) is 0 Å². The number of nitrogens with zero attached hydrogens (tertiary/aromatic N) is 2. The molecule has 0 aliphatic carbocycles. The Labute approximate surface area is 145 Å². The fraction of sp³-hybridized carbons (Fsp3) is 0.250. The molecule has 127 valence electrons. The number of hydrogen-bond acceptors (Lipinski definition) is 3. The van der Waals surface area contributed by atoms with Gasteiger partial charge in [0.1, 0.15) is 23.5 Å². The van der Waals surface area contributed by atoms with Gasteiger partial charge in [0, 0.05) is 31.3 Å². The quantitative estimate of drug-likeness (QED) is 0.703. The van der Waals surface area contributed by atoms with Crippen molar-refractivity contribution in [2.75, 3.05) is 18.0 Å². The number of pyridine rings is 1. The Kier molecular flexibility index (Phi) is 4.14. The van der Waals surface area contributed by atoms with Gasteiger partial charge in [-0.1, -0.05) is 6.07 Å². The van der Waals surface area contributed by atoms with Crippen LogP contribution in [0, 0.1) is 5.82 Å². The summed E-state index contributed by atoms with van der Waals surface area (Å²) < 4.78 is 18.9. The molecule has 5 heteroatoms. The van der Waals surface area contributed by atoms with Gasteiger partial charge in [0.2, 0.25) is 0 Å². The second kappa shape index (κ2) is 6.59. The average molecular weight is 337 g/mol. The zero-order chi connectivity index (χ0) is 17.2. The van der Waals surface area contributed by atoms with Crippen LogP contribution in [0.1, 0.15) is 12.8 Å². The zero-order valence-electron chi connectivity index (χ0n) is 13.7. The molecule has 1 fully saturated rings. The van der Waals surface area contributed by atoms with E-state index in [0.717, 1.165) is 37.3 Å². The van der Waals surface area contributed by atoms with Gasteiger partial charge in [-0.05, 0) is 48.5 Å². The third-order valence-corrected chi connectivity index (χ3v) is 4.56. The predicted octanol–water partition coefficient (Wildman–Crippen LogP) is 4.57. The van der Waals surface area contributed by atoms with Gasteiger partial charge in [0.25, 0.3) is 0 Å². The largest absolute Gasteiger partial charge is 0.490 e. The Bertz CT molecular complexity index is 875. The van der Waals surface area contributed by atoms with Crippen molar-refractivity contribution in [1.29, 1.82) is 0 Å². The highest BCUT2D eigenvalue weighted by molar-refractivity contribution is 5.86. The lowest BCUT2D eigenvalue weighted by atomic mass is 10.1. The molecule has 1 aliphatic rings. The Morgan fingerprint density at radius 2 is 1.76 bits per heavy atom. The van der Waals surface area contributed by atoms with Crippen LogP contribution in [0.15, 0.2) is 54.6 Å². The number of fused-ring (bicyclic) bond motifs is 1. The van der Waals surface area contributed by atoms with Crippen molar-refractivity contribution in [3.63, 3.8) is 0 Å². The molecule has 25 heavy (non-hydrogen) atoms. The molecule has 0 N–H and O–H groups in total. The Morgan fingerprint density at radius 3 is 2.52 bits per heavy atom. The molecule has 4 nitrogen and oxygen atoms in total. The summed E-state index contributed by atoms with van der Waals surface area (Å²) in [5, 5.41) is 12.5. The highest BCUT2D eigenvalue weighted by Crippen LogP contribution is 2.28. The van der Waals surface area contributed by atoms with Gasteiger partial charge in [-0.3, -0.25) is 5.11 Å². The van der Waals surface area contributed by atoms with Crippen molar-refractivity contribution in [2.45, 2.75) is 18.9 Å². The average Bonchev–Trinajstić information content (AvgIpc) is 2.64. The zero-order valence-corrected chi connectivity index (χ0v) is 13.7. The number of benzene rings is 2. The molecule has 0 unspecified atom stereocenters. The molecule has 2 heterocycles. The second-order valence-corrected chi connectivity index (χ2v) is 6.25. The van der Waals surface area contributed by atoms with E-state index in [2.05, 4.69) is 9.88 Å². The van der Waals surface area contributed by atoms with Gasteiger partial charge in [0.05, 0.1) is 5.52 Å². The van der Waals surface area contributed by atoms with Crippen LogP contribution in [0.5, 0.6) is 11.5 Å². The number of rotatable bonds is 3. The minimum atomic E-state index is -0.259. The van der Waals surface area contributed by atoms with Crippen LogP contribution in [0.2, 0.25) is 0 Å². The lowest BCUT2D eigenvalue weighted by molar-refractivity contribution is 0.170. The van der Waals surface area contributed by atoms with Crippen LogP contribution in [0.25, 0.3) is 10.9 Å². The van der Waals surface area contributed by atoms with Gasteiger partial charge in [-0.2, -0.15) is 0 Å². The highest BCUT2D eigenvalue weighted by atomic mass is 19.1. The molecular formula is C20H18FN2O2. The van der Waals surface area contributed by atoms with E-state index >= 15 is 0 Å². The summed E-state index contributed by atoms with van der Waals surface area (Å²) in [7, 11) is 0. The molecule has 4 rings (SSSR count). The van der Waals surface area contributed by atoms with Crippen molar-refractivity contribution < 1.29 is 14.2 Å². The van der Waals surface area contributed by atoms with E-state index in [0.29, 0.717) is 11.1 Å². The maximum absolute atomic E-state index is 13.0. The van der Waals surface area contributed by atoms with Crippen LogP contribution < -0.4 is 9.64 Å². The summed E-state index contributed by atoms with van der Waals surface area (Å²) in [4.78, 5) is 6.83. The van der Waals surface area contributed by atoms with Crippen molar-refractivity contribution >= 4 is 16.7 Å². The summed E-state index contributed by atoms with van der Waals surface area (Å²) in [5.41, 5.74) is 0.731. The molecule has 1 aliphatic heterocycles. The normalized spacial score (nSPS) is 15.5. The SMILES string of the molecule is [O]c1cccc2nc(N3CCC(Oc4ccc(F)cc4)CC3)ccc12. The van der Waals surface area contributed by atoms with E-state index in [1.54, 1.807) is 24.3 Å². The first-order chi connectivity index (χ1) is 12.2. The summed E-state index contributed by atoms with van der Waals surface area (Å²) >= 11 is 0. The van der Waals surface area contributed by atoms with Gasteiger partial charge >= 0.3 is 0 Å². The Balaban J connectivity index is 1.42. The topological polar surface area (TPSA) is 45.3 Å². The number of anilines is 1. The fourth-order valence-electron chi connectivity index (χ4n) is 3.20. The first-order valence-electron chi connectivity index (χ1n) is 8.43. The van der Waals surface area contributed by atoms with Gasteiger partial charge < -0.3 is 9.64 Å². The van der Waals surface area contributed by atoms with Gasteiger partial charge in [0.15, 0.2) is 5.75 Å². The second-order valence-electron chi connectivity index (χ2n) is 6.25. The van der Waals surface area contributed by atoms with Crippen molar-refractivity contribution in [1.82, 2.24) is 4.98 Å². The summed E-state index contributed by atoms with van der Waals surface area (Å²) in [6.45, 7) is 1.67. The Hall–Kier alpha value is -2.82. The highest BCUT2D eigenvalue weighted by Gasteiger charge is 2.21. The number of ether oxygens (including phenoxy) is 1. The summed E-state index contributed by atoms with van der Waals surface area (Å²) in [5.74, 6) is 1.33. The maximum atomic E-state index is 13.0. The van der Waals surface area contributed by atoms with E-state index in [1.807, 2.05) is 18.2 Å². The molecule has 0 amide bonds. The number of piperidine rings is 1. The van der Waals surface area contributed by atoms with Crippen LogP contribution >= 0.6 is 0 Å². The molecular weight excluding hydrogens is 319 g/mol. The smallest absolute Gasteiger partial charge is 0.188 e. The van der Waals surface area contributed by atoms with E-state index in [9.17, 15) is 9.50 Å². The van der Waals surface area contributed by atoms with Crippen molar-refractivity contribution in [3.05, 3.63) is 60.4 Å². The maximum Gasteiger partial charge on any atom is 0.188 e. The molecule has 1 aromatic heterocycles. The summed E-state index contributed by atoms with van der Waals surface area (Å²) in [6, 6.07) is 15.1. The monoisotopic (exact) mass is 337 g/mol. The molecule has 2 aromatic carbocycles. The lowest BCUT2D eigenvalue weighted by Gasteiger charge is -2.33. The van der Waals surface area contributed by atoms with Crippen LogP contribution in [-0.2, 0) is 5.11 Å². The fourth-order valence-corrected chi connectivity index (χ4v) is 3.20. The third kappa shape index (κ3) is 3.36.